The molecule has 0 spiro atoms. The number of nitrogens with two attached hydrogens (primary N) is 1. The van der Waals surface area contributed by atoms with Crippen molar-refractivity contribution >= 4 is 28.1 Å². The number of carbonyl (C=O) groups excluding carboxylic acids is 1. The molecule has 2 rings (SSSR count). The van der Waals surface area contributed by atoms with E-state index in [1.807, 2.05) is 32.2 Å². The molecule has 1 amide bonds. The number of pyridine rings is 1. The minimum atomic E-state index is -0.0839. The number of amides is 1. The molecule has 0 aliphatic rings. The zero-order valence-electron chi connectivity index (χ0n) is 12.1. The molecule has 0 saturated carbocycles. The Morgan fingerprint density at radius 1 is 1.40 bits per heavy atom. The highest BCUT2D eigenvalue weighted by molar-refractivity contribution is 6.00. The standard InChI is InChI=1S/C15H20N4O/c1-10(15(20)17-2)9-19(3)14-5-4-13(16)12-8-18-7-6-11(12)14/h4-8,10H,9,16H2,1-3H3,(H,17,20). The number of aromatic nitrogens is 1. The molecule has 3 N–H and O–H groups in total. The first-order valence-corrected chi connectivity index (χ1v) is 6.59. The summed E-state index contributed by atoms with van der Waals surface area (Å²) in [5, 5.41) is 4.65. The van der Waals surface area contributed by atoms with Crippen molar-refractivity contribution in [2.75, 3.05) is 31.3 Å². The van der Waals surface area contributed by atoms with Crippen molar-refractivity contribution in [2.24, 2.45) is 5.92 Å². The second-order valence-corrected chi connectivity index (χ2v) is 4.99. The molecule has 0 saturated heterocycles. The zero-order chi connectivity index (χ0) is 14.7. The van der Waals surface area contributed by atoms with E-state index >= 15 is 0 Å². The SMILES string of the molecule is CNC(=O)C(C)CN(C)c1ccc(N)c2cnccc12. The number of nitrogens with zero attached hydrogens (tertiary/aromatic N) is 2. The molecular formula is C15H20N4O. The largest absolute Gasteiger partial charge is 0.398 e. The summed E-state index contributed by atoms with van der Waals surface area (Å²) in [5.74, 6) is -0.0438. The number of carbonyl (C=O) groups is 1. The molecule has 1 unspecified atom stereocenters. The van der Waals surface area contributed by atoms with Gasteiger partial charge in [0, 0.05) is 55.2 Å². The zero-order valence-corrected chi connectivity index (χ0v) is 12.1. The third-order valence-corrected chi connectivity index (χ3v) is 3.48. The Morgan fingerprint density at radius 3 is 2.85 bits per heavy atom. The minimum absolute atomic E-state index is 0.0401. The van der Waals surface area contributed by atoms with E-state index in [0.29, 0.717) is 12.2 Å². The van der Waals surface area contributed by atoms with Crippen LogP contribution in [-0.4, -0.2) is 31.5 Å². The van der Waals surface area contributed by atoms with Crippen LogP contribution >= 0.6 is 0 Å². The van der Waals surface area contributed by atoms with Gasteiger partial charge in [-0.05, 0) is 18.2 Å². The van der Waals surface area contributed by atoms with Crippen LogP contribution in [0, 0.1) is 5.92 Å². The third-order valence-electron chi connectivity index (χ3n) is 3.48. The average Bonchev–Trinajstić information content (AvgIpc) is 2.46. The fourth-order valence-corrected chi connectivity index (χ4v) is 2.37. The molecule has 0 aliphatic heterocycles. The summed E-state index contributed by atoms with van der Waals surface area (Å²) in [6, 6.07) is 5.80. The highest BCUT2D eigenvalue weighted by Gasteiger charge is 2.15. The van der Waals surface area contributed by atoms with Gasteiger partial charge < -0.3 is 16.0 Å². The van der Waals surface area contributed by atoms with Crippen molar-refractivity contribution in [3.8, 4) is 0 Å². The quantitative estimate of drug-likeness (QED) is 0.830. The second-order valence-electron chi connectivity index (χ2n) is 4.99. The maximum Gasteiger partial charge on any atom is 0.224 e. The van der Waals surface area contributed by atoms with Gasteiger partial charge in [0.15, 0.2) is 0 Å². The fraction of sp³-hybridized carbons (Fsp3) is 0.333. The van der Waals surface area contributed by atoms with Crippen LogP contribution in [0.4, 0.5) is 11.4 Å². The Morgan fingerprint density at radius 2 is 2.15 bits per heavy atom. The molecule has 0 aliphatic carbocycles. The molecule has 1 heterocycles. The predicted molar refractivity (Wildman–Crippen MR) is 82.7 cm³/mol. The second kappa shape index (κ2) is 5.77. The molecule has 1 aromatic heterocycles. The number of anilines is 2. The maximum atomic E-state index is 11.6. The molecule has 0 fully saturated rings. The van der Waals surface area contributed by atoms with E-state index in [2.05, 4.69) is 15.2 Å². The van der Waals surface area contributed by atoms with Crippen molar-refractivity contribution in [1.82, 2.24) is 10.3 Å². The predicted octanol–water partition coefficient (Wildman–Crippen LogP) is 1.64. The van der Waals surface area contributed by atoms with Gasteiger partial charge in [0.1, 0.15) is 0 Å². The fourth-order valence-electron chi connectivity index (χ4n) is 2.37. The van der Waals surface area contributed by atoms with Crippen LogP contribution in [0.15, 0.2) is 30.6 Å². The van der Waals surface area contributed by atoms with Gasteiger partial charge in [-0.15, -0.1) is 0 Å². The summed E-state index contributed by atoms with van der Waals surface area (Å²) in [6.45, 7) is 2.55. The maximum absolute atomic E-state index is 11.6. The molecule has 1 atom stereocenters. The van der Waals surface area contributed by atoms with Crippen LogP contribution in [0.1, 0.15) is 6.92 Å². The van der Waals surface area contributed by atoms with Gasteiger partial charge in [0.05, 0.1) is 5.92 Å². The first-order chi connectivity index (χ1) is 9.54. The van der Waals surface area contributed by atoms with Crippen LogP contribution < -0.4 is 16.0 Å². The van der Waals surface area contributed by atoms with E-state index in [1.165, 1.54) is 0 Å². The summed E-state index contributed by atoms with van der Waals surface area (Å²) < 4.78 is 0. The molecule has 0 radical (unpaired) electrons. The monoisotopic (exact) mass is 272 g/mol. The van der Waals surface area contributed by atoms with Gasteiger partial charge in [-0.3, -0.25) is 9.78 Å². The van der Waals surface area contributed by atoms with Gasteiger partial charge in [-0.25, -0.2) is 0 Å². The van der Waals surface area contributed by atoms with Crippen LogP contribution in [0.2, 0.25) is 0 Å². The van der Waals surface area contributed by atoms with E-state index < -0.39 is 0 Å². The molecule has 5 nitrogen and oxygen atoms in total. The van der Waals surface area contributed by atoms with Crippen LogP contribution in [0.25, 0.3) is 10.8 Å². The first-order valence-electron chi connectivity index (χ1n) is 6.59. The van der Waals surface area contributed by atoms with E-state index in [9.17, 15) is 4.79 Å². The smallest absolute Gasteiger partial charge is 0.224 e. The summed E-state index contributed by atoms with van der Waals surface area (Å²) in [4.78, 5) is 17.8. The van der Waals surface area contributed by atoms with Gasteiger partial charge in [0.25, 0.3) is 0 Å². The summed E-state index contributed by atoms with van der Waals surface area (Å²) in [7, 11) is 3.63. The van der Waals surface area contributed by atoms with Gasteiger partial charge >= 0.3 is 0 Å². The van der Waals surface area contributed by atoms with Crippen molar-refractivity contribution in [2.45, 2.75) is 6.92 Å². The molecule has 2 aromatic rings. The number of fused-ring (bicyclic) bond motifs is 1. The number of nitrogens with one attached hydrogen (secondary N) is 1. The Hall–Kier alpha value is -2.30. The molecule has 1 aromatic carbocycles. The highest BCUT2D eigenvalue weighted by Crippen LogP contribution is 2.29. The summed E-state index contributed by atoms with van der Waals surface area (Å²) in [6.07, 6.45) is 3.52. The van der Waals surface area contributed by atoms with Crippen LogP contribution in [0.3, 0.4) is 0 Å². The lowest BCUT2D eigenvalue weighted by molar-refractivity contribution is -0.123. The van der Waals surface area contributed by atoms with Crippen molar-refractivity contribution < 1.29 is 4.79 Å². The normalized spacial score (nSPS) is 12.2. The van der Waals surface area contributed by atoms with Crippen molar-refractivity contribution in [3.05, 3.63) is 30.6 Å². The third kappa shape index (κ3) is 2.66. The van der Waals surface area contributed by atoms with Gasteiger partial charge in [-0.2, -0.15) is 0 Å². The number of nitrogen functional groups attached to an aromatic ring is 1. The van der Waals surface area contributed by atoms with Gasteiger partial charge in [-0.1, -0.05) is 6.92 Å². The van der Waals surface area contributed by atoms with E-state index in [-0.39, 0.29) is 11.8 Å². The summed E-state index contributed by atoms with van der Waals surface area (Å²) >= 11 is 0. The molecule has 20 heavy (non-hydrogen) atoms. The molecule has 5 heteroatoms. The first kappa shape index (κ1) is 14.1. The Balaban J connectivity index is 2.33. The van der Waals surface area contributed by atoms with E-state index in [0.717, 1.165) is 16.5 Å². The highest BCUT2D eigenvalue weighted by atomic mass is 16.1. The average molecular weight is 272 g/mol. The Labute approximate surface area is 118 Å². The molecule has 0 bridgehead atoms. The van der Waals surface area contributed by atoms with Crippen LogP contribution in [0.5, 0.6) is 0 Å². The van der Waals surface area contributed by atoms with Crippen molar-refractivity contribution in [1.29, 1.82) is 0 Å². The molecular weight excluding hydrogens is 252 g/mol. The number of benzene rings is 1. The van der Waals surface area contributed by atoms with Gasteiger partial charge in [0.2, 0.25) is 5.91 Å². The van der Waals surface area contributed by atoms with Crippen LogP contribution in [-0.2, 0) is 4.79 Å². The topological polar surface area (TPSA) is 71.2 Å². The Kier molecular flexibility index (Phi) is 4.08. The number of hydrogen-bond donors (Lipinski definition) is 2. The minimum Gasteiger partial charge on any atom is -0.398 e. The summed E-state index contributed by atoms with van der Waals surface area (Å²) in [5.41, 5.74) is 7.73. The Bertz CT molecular complexity index is 626. The number of hydrogen-bond acceptors (Lipinski definition) is 4. The lowest BCUT2D eigenvalue weighted by atomic mass is 10.1. The molecule has 106 valence electrons. The van der Waals surface area contributed by atoms with E-state index in [1.54, 1.807) is 19.4 Å². The van der Waals surface area contributed by atoms with E-state index in [4.69, 9.17) is 5.73 Å². The lowest BCUT2D eigenvalue weighted by Crippen LogP contribution is -2.34. The number of rotatable bonds is 4. The lowest BCUT2D eigenvalue weighted by Gasteiger charge is -2.24. The van der Waals surface area contributed by atoms with Crippen molar-refractivity contribution in [3.63, 3.8) is 0 Å².